The van der Waals surface area contributed by atoms with Crippen molar-refractivity contribution in [2.45, 2.75) is 52.4 Å². The van der Waals surface area contributed by atoms with Gasteiger partial charge in [-0.3, -0.25) is 10.6 Å². The molecule has 0 atom stereocenters. The van der Waals surface area contributed by atoms with Crippen LogP contribution in [0, 0.1) is 0 Å². The minimum absolute atomic E-state index is 0.0801. The number of unbranched alkanes of at least 4 members (excludes halogenated alkanes) is 2. The van der Waals surface area contributed by atoms with Crippen LogP contribution in [0.15, 0.2) is 84.9 Å². The van der Waals surface area contributed by atoms with E-state index in [0.717, 1.165) is 25.7 Å². The summed E-state index contributed by atoms with van der Waals surface area (Å²) in [6.07, 6.45) is 3.93. The number of rotatable bonds is 20. The molecule has 0 heterocycles. The lowest BCUT2D eigenvalue weighted by Gasteiger charge is -2.20. The maximum absolute atomic E-state index is 12.9. The highest BCUT2D eigenvalue weighted by molar-refractivity contribution is 5.96. The maximum atomic E-state index is 12.9. The minimum Gasteiger partial charge on any atom is -0.508 e. The number of benzene rings is 4. The second-order valence-corrected chi connectivity index (χ2v) is 11.7. The Morgan fingerprint density at radius 3 is 1.31 bits per heavy atom. The van der Waals surface area contributed by atoms with Gasteiger partial charge in [-0.05, 0) is 72.5 Å². The Labute approximate surface area is 299 Å². The van der Waals surface area contributed by atoms with Gasteiger partial charge in [0.05, 0.1) is 24.6 Å². The number of ether oxygens (including phenoxy) is 5. The molecule has 0 aliphatic heterocycles. The Morgan fingerprint density at radius 2 is 0.922 bits per heavy atom. The molecule has 4 rings (SSSR count). The molecule has 0 spiro atoms. The van der Waals surface area contributed by atoms with Gasteiger partial charge in [0.25, 0.3) is 0 Å². The van der Waals surface area contributed by atoms with Crippen LogP contribution in [0.25, 0.3) is 22.3 Å². The number of hydrogen-bond donors (Lipinski definition) is 4. The molecule has 0 saturated carbocycles. The van der Waals surface area contributed by atoms with E-state index < -0.39 is 12.2 Å². The average Bonchev–Trinajstić information content (AvgIpc) is 3.12. The Morgan fingerprint density at radius 1 is 0.529 bits per heavy atom. The van der Waals surface area contributed by atoms with Crippen LogP contribution in [0.2, 0.25) is 0 Å². The van der Waals surface area contributed by atoms with Crippen molar-refractivity contribution in [1.82, 2.24) is 0 Å². The molecule has 11 heteroatoms. The number of amides is 2. The van der Waals surface area contributed by atoms with Crippen molar-refractivity contribution in [1.29, 1.82) is 0 Å². The molecule has 2 amide bonds. The van der Waals surface area contributed by atoms with E-state index in [2.05, 4.69) is 24.5 Å². The van der Waals surface area contributed by atoms with Gasteiger partial charge in [-0.1, -0.05) is 63.1 Å². The smallest absolute Gasteiger partial charge is 0.411 e. The van der Waals surface area contributed by atoms with Gasteiger partial charge in [-0.15, -0.1) is 0 Å². The van der Waals surface area contributed by atoms with E-state index in [1.165, 1.54) is 0 Å². The van der Waals surface area contributed by atoms with Crippen molar-refractivity contribution >= 4 is 23.6 Å². The molecular weight excluding hydrogens is 652 g/mol. The Hall–Kier alpha value is -5.26. The fraction of sp³-hybridized carbons (Fsp3) is 0.350. The molecular formula is C40H48N2O9. The van der Waals surface area contributed by atoms with Crippen LogP contribution in [0.1, 0.15) is 52.4 Å². The van der Waals surface area contributed by atoms with Gasteiger partial charge < -0.3 is 33.9 Å². The van der Waals surface area contributed by atoms with E-state index in [0.29, 0.717) is 84.4 Å². The number of nitrogens with one attached hydrogen (secondary N) is 2. The first-order valence-corrected chi connectivity index (χ1v) is 17.4. The first-order valence-electron chi connectivity index (χ1n) is 17.4. The van der Waals surface area contributed by atoms with Crippen LogP contribution in [0.4, 0.5) is 21.0 Å². The Bertz CT molecular complexity index is 1540. The highest BCUT2D eigenvalue weighted by Gasteiger charge is 2.20. The number of phenols is 2. The summed E-state index contributed by atoms with van der Waals surface area (Å²) in [6, 6.07) is 23.5. The zero-order valence-electron chi connectivity index (χ0n) is 29.3. The number of hydrogen-bond acceptors (Lipinski definition) is 9. The van der Waals surface area contributed by atoms with Crippen LogP contribution in [0.5, 0.6) is 23.0 Å². The third kappa shape index (κ3) is 12.5. The second-order valence-electron chi connectivity index (χ2n) is 11.7. The zero-order chi connectivity index (χ0) is 36.3. The van der Waals surface area contributed by atoms with E-state index in [9.17, 15) is 19.8 Å². The number of carbonyl (C=O) groups is 2. The summed E-state index contributed by atoms with van der Waals surface area (Å²) in [5.74, 6) is 0.921. The highest BCUT2D eigenvalue weighted by atomic mass is 16.6. The molecule has 0 saturated heterocycles. The molecule has 0 radical (unpaired) electrons. The predicted molar refractivity (Wildman–Crippen MR) is 198 cm³/mol. The molecule has 4 aromatic rings. The molecule has 0 bridgehead atoms. The molecule has 51 heavy (non-hydrogen) atoms. The lowest BCUT2D eigenvalue weighted by molar-refractivity contribution is 0.103. The van der Waals surface area contributed by atoms with Crippen LogP contribution in [0.3, 0.4) is 0 Å². The summed E-state index contributed by atoms with van der Waals surface area (Å²) in [5.41, 5.74) is 3.23. The molecule has 4 N–H and O–H groups in total. The van der Waals surface area contributed by atoms with Crippen LogP contribution < -0.4 is 15.4 Å². The molecule has 272 valence electrons. The van der Waals surface area contributed by atoms with Gasteiger partial charge in [-0.25, -0.2) is 9.59 Å². The van der Waals surface area contributed by atoms with E-state index in [1.54, 1.807) is 84.9 Å². The molecule has 0 unspecified atom stereocenters. The number of phenolic OH excluding ortho intramolecular Hbond substituents is 2. The van der Waals surface area contributed by atoms with Gasteiger partial charge in [0.1, 0.15) is 23.0 Å². The fourth-order valence-corrected chi connectivity index (χ4v) is 5.05. The van der Waals surface area contributed by atoms with Crippen molar-refractivity contribution in [2.75, 3.05) is 50.3 Å². The zero-order valence-corrected chi connectivity index (χ0v) is 29.3. The topological polar surface area (TPSA) is 145 Å². The average molecular weight is 701 g/mol. The standard InChI is InChI=1S/C40H48N2O9/c1-3-5-23-47-25-9-27-49-39(45)41-33-11-7-13-35(37(33)29-15-19-31(43)20-16-29)51-36-14-8-12-34(38(36)30-17-21-32(44)22-18-30)42-40(46)50-28-10-26-48-24-6-4-2/h7-8,11-22,43-44H,3-6,9-10,23-28H2,1-2H3,(H,41,45)(H,42,46). The molecule has 0 aromatic heterocycles. The summed E-state index contributed by atoms with van der Waals surface area (Å²) in [6.45, 7) is 6.92. The quantitative estimate of drug-likeness (QED) is 0.0662. The van der Waals surface area contributed by atoms with Crippen LogP contribution in [-0.4, -0.2) is 62.0 Å². The number of aromatic hydroxyl groups is 2. The van der Waals surface area contributed by atoms with E-state index in [1.807, 2.05) is 0 Å². The first kappa shape index (κ1) is 38.5. The Kier molecular flexibility index (Phi) is 15.9. The van der Waals surface area contributed by atoms with Gasteiger partial charge in [0.2, 0.25) is 0 Å². The van der Waals surface area contributed by atoms with Crippen molar-refractivity contribution in [2.24, 2.45) is 0 Å². The molecule has 4 aromatic carbocycles. The third-order valence-corrected chi connectivity index (χ3v) is 7.67. The summed E-state index contributed by atoms with van der Waals surface area (Å²) in [5, 5.41) is 25.7. The van der Waals surface area contributed by atoms with E-state index in [4.69, 9.17) is 23.7 Å². The summed E-state index contributed by atoms with van der Waals surface area (Å²) in [7, 11) is 0. The number of carbonyl (C=O) groups excluding carboxylic acids is 2. The van der Waals surface area contributed by atoms with Crippen molar-refractivity contribution in [3.63, 3.8) is 0 Å². The summed E-state index contributed by atoms with van der Waals surface area (Å²) in [4.78, 5) is 25.8. The van der Waals surface area contributed by atoms with Crippen LogP contribution in [-0.2, 0) is 18.9 Å². The molecule has 0 aliphatic carbocycles. The monoisotopic (exact) mass is 700 g/mol. The highest BCUT2D eigenvalue weighted by Crippen LogP contribution is 2.44. The summed E-state index contributed by atoms with van der Waals surface area (Å²) < 4.78 is 28.6. The number of anilines is 2. The van der Waals surface area contributed by atoms with E-state index in [-0.39, 0.29) is 24.7 Å². The fourth-order valence-electron chi connectivity index (χ4n) is 5.05. The molecule has 11 nitrogen and oxygen atoms in total. The van der Waals surface area contributed by atoms with Crippen molar-refractivity contribution in [3.05, 3.63) is 84.9 Å². The van der Waals surface area contributed by atoms with Crippen LogP contribution >= 0.6 is 0 Å². The lowest BCUT2D eigenvalue weighted by atomic mass is 10.0. The van der Waals surface area contributed by atoms with Gasteiger partial charge in [-0.2, -0.15) is 0 Å². The minimum atomic E-state index is -0.636. The maximum Gasteiger partial charge on any atom is 0.411 e. The normalized spacial score (nSPS) is 10.8. The van der Waals surface area contributed by atoms with Crippen molar-refractivity contribution < 1.29 is 43.5 Å². The van der Waals surface area contributed by atoms with Gasteiger partial charge in [0, 0.05) is 50.4 Å². The largest absolute Gasteiger partial charge is 0.508 e. The SMILES string of the molecule is CCCCOCCCOC(=O)Nc1cccc(Oc2cccc(NC(=O)OCCCOCCCC)c2-c2ccc(O)cc2)c1-c1ccc(O)cc1. The van der Waals surface area contributed by atoms with Crippen molar-refractivity contribution in [3.8, 4) is 45.3 Å². The lowest BCUT2D eigenvalue weighted by Crippen LogP contribution is -2.16. The Balaban J connectivity index is 1.59. The van der Waals surface area contributed by atoms with Gasteiger partial charge in [0.15, 0.2) is 0 Å². The molecule has 0 fully saturated rings. The van der Waals surface area contributed by atoms with Gasteiger partial charge >= 0.3 is 12.2 Å². The summed E-state index contributed by atoms with van der Waals surface area (Å²) >= 11 is 0. The second kappa shape index (κ2) is 21.1. The van der Waals surface area contributed by atoms with E-state index >= 15 is 0 Å². The first-order chi connectivity index (χ1) is 24.9. The molecule has 0 aliphatic rings. The third-order valence-electron chi connectivity index (χ3n) is 7.67. The predicted octanol–water partition coefficient (Wildman–Crippen LogP) is 9.73.